The van der Waals surface area contributed by atoms with Gasteiger partial charge in [-0.2, -0.15) is 0 Å². The van der Waals surface area contributed by atoms with Crippen molar-refractivity contribution in [1.29, 1.82) is 0 Å². The lowest BCUT2D eigenvalue weighted by molar-refractivity contribution is -0.122. The van der Waals surface area contributed by atoms with Gasteiger partial charge >= 0.3 is 0 Å². The molecule has 5 nitrogen and oxygen atoms in total. The number of benzene rings is 2. The lowest BCUT2D eigenvalue weighted by Gasteiger charge is -2.17. The van der Waals surface area contributed by atoms with E-state index < -0.39 is 5.92 Å². The molecule has 0 aromatic heterocycles. The summed E-state index contributed by atoms with van der Waals surface area (Å²) in [5.74, 6) is 0.0830. The summed E-state index contributed by atoms with van der Waals surface area (Å²) in [6, 6.07) is 14.4. The minimum Gasteiger partial charge on any atom is -0.494 e. The number of hydrogen-bond acceptors (Lipinski definition) is 3. The minimum atomic E-state index is -0.407. The molecule has 6 heteroatoms. The van der Waals surface area contributed by atoms with Crippen LogP contribution in [-0.2, 0) is 9.59 Å². The zero-order valence-corrected chi connectivity index (χ0v) is 14.6. The molecule has 1 N–H and O–H groups in total. The van der Waals surface area contributed by atoms with Crippen LogP contribution in [0.15, 0.2) is 48.5 Å². The second-order valence-corrected chi connectivity index (χ2v) is 6.21. The van der Waals surface area contributed by atoms with E-state index in [-0.39, 0.29) is 18.2 Å². The Labute approximate surface area is 151 Å². The van der Waals surface area contributed by atoms with Crippen molar-refractivity contribution in [2.24, 2.45) is 5.92 Å². The third kappa shape index (κ3) is 3.94. The van der Waals surface area contributed by atoms with Crippen molar-refractivity contribution in [2.45, 2.75) is 13.3 Å². The van der Waals surface area contributed by atoms with E-state index in [1.165, 1.54) is 0 Å². The molecule has 1 saturated heterocycles. The Morgan fingerprint density at radius 2 is 1.96 bits per heavy atom. The molecule has 1 heterocycles. The number of hydrogen-bond donors (Lipinski definition) is 1. The first-order chi connectivity index (χ1) is 12.1. The van der Waals surface area contributed by atoms with Crippen molar-refractivity contribution in [3.63, 3.8) is 0 Å². The zero-order chi connectivity index (χ0) is 17.8. The third-order valence-corrected chi connectivity index (χ3v) is 4.42. The van der Waals surface area contributed by atoms with Gasteiger partial charge in [-0.05, 0) is 43.3 Å². The summed E-state index contributed by atoms with van der Waals surface area (Å²) < 4.78 is 5.41. The number of amides is 2. The van der Waals surface area contributed by atoms with Crippen LogP contribution in [0.5, 0.6) is 5.75 Å². The fraction of sp³-hybridized carbons (Fsp3) is 0.263. The lowest BCUT2D eigenvalue weighted by Crippen LogP contribution is -2.28. The number of nitrogens with zero attached hydrogens (tertiary/aromatic N) is 1. The quantitative estimate of drug-likeness (QED) is 0.886. The predicted octanol–water partition coefficient (Wildman–Crippen LogP) is 3.73. The molecule has 2 aromatic rings. The Morgan fingerprint density at radius 3 is 2.64 bits per heavy atom. The normalized spacial score (nSPS) is 16.8. The Morgan fingerprint density at radius 1 is 1.24 bits per heavy atom. The fourth-order valence-electron chi connectivity index (χ4n) is 2.82. The van der Waals surface area contributed by atoms with Crippen LogP contribution in [0.1, 0.15) is 13.3 Å². The van der Waals surface area contributed by atoms with E-state index in [9.17, 15) is 9.59 Å². The van der Waals surface area contributed by atoms with Gasteiger partial charge in [0.25, 0.3) is 0 Å². The molecule has 0 bridgehead atoms. The fourth-order valence-corrected chi connectivity index (χ4v) is 3.00. The van der Waals surface area contributed by atoms with Gasteiger partial charge in [-0.15, -0.1) is 0 Å². The van der Waals surface area contributed by atoms with E-state index in [1.54, 1.807) is 29.2 Å². The maximum atomic E-state index is 12.5. The van der Waals surface area contributed by atoms with E-state index in [0.717, 1.165) is 11.4 Å². The molecule has 0 radical (unpaired) electrons. The summed E-state index contributed by atoms with van der Waals surface area (Å²) >= 11 is 6.06. The smallest absolute Gasteiger partial charge is 0.229 e. The molecule has 1 aliphatic rings. The highest BCUT2D eigenvalue weighted by atomic mass is 35.5. The van der Waals surface area contributed by atoms with Crippen LogP contribution in [-0.4, -0.2) is 25.0 Å². The first kappa shape index (κ1) is 17.3. The molecular formula is C19H19ClN2O3. The van der Waals surface area contributed by atoms with Gasteiger partial charge in [0.15, 0.2) is 0 Å². The van der Waals surface area contributed by atoms with Crippen LogP contribution in [0.4, 0.5) is 11.4 Å². The molecule has 3 rings (SSSR count). The summed E-state index contributed by atoms with van der Waals surface area (Å²) in [7, 11) is 0. The molecular weight excluding hydrogens is 340 g/mol. The van der Waals surface area contributed by atoms with Gasteiger partial charge < -0.3 is 15.0 Å². The second kappa shape index (κ2) is 7.57. The minimum absolute atomic E-state index is 0.0662. The van der Waals surface area contributed by atoms with E-state index in [0.29, 0.717) is 23.9 Å². The summed E-state index contributed by atoms with van der Waals surface area (Å²) in [6.45, 7) is 2.86. The molecule has 0 unspecified atom stereocenters. The summed E-state index contributed by atoms with van der Waals surface area (Å²) in [4.78, 5) is 26.4. The first-order valence-electron chi connectivity index (χ1n) is 8.17. The molecule has 130 valence electrons. The maximum absolute atomic E-state index is 12.5. The van der Waals surface area contributed by atoms with Crippen molar-refractivity contribution < 1.29 is 14.3 Å². The van der Waals surface area contributed by atoms with E-state index in [1.807, 2.05) is 31.2 Å². The van der Waals surface area contributed by atoms with Gasteiger partial charge in [0.1, 0.15) is 5.75 Å². The first-order valence-corrected chi connectivity index (χ1v) is 8.55. The summed E-state index contributed by atoms with van der Waals surface area (Å²) in [5.41, 5.74) is 1.32. The van der Waals surface area contributed by atoms with Crippen molar-refractivity contribution in [2.75, 3.05) is 23.4 Å². The van der Waals surface area contributed by atoms with Crippen LogP contribution in [0.3, 0.4) is 0 Å². The zero-order valence-electron chi connectivity index (χ0n) is 13.9. The summed E-state index contributed by atoms with van der Waals surface area (Å²) in [6.07, 6.45) is 0.184. The highest BCUT2D eigenvalue weighted by molar-refractivity contribution is 6.33. The summed E-state index contributed by atoms with van der Waals surface area (Å²) in [5, 5.41) is 3.28. The SMILES string of the molecule is CCOc1ccc(N2C[C@@H](C(=O)Nc3ccccc3Cl)CC2=O)cc1. The largest absolute Gasteiger partial charge is 0.494 e. The van der Waals surface area contributed by atoms with E-state index in [2.05, 4.69) is 5.32 Å². The van der Waals surface area contributed by atoms with Crippen molar-refractivity contribution in [3.8, 4) is 5.75 Å². The number of halogens is 1. The Kier molecular flexibility index (Phi) is 5.24. The molecule has 1 atom stereocenters. The predicted molar refractivity (Wildman–Crippen MR) is 98.2 cm³/mol. The van der Waals surface area contributed by atoms with E-state index in [4.69, 9.17) is 16.3 Å². The van der Waals surface area contributed by atoms with E-state index >= 15 is 0 Å². The number of anilines is 2. The van der Waals surface area contributed by atoms with Crippen LogP contribution < -0.4 is 15.0 Å². The molecule has 2 amide bonds. The Bertz CT molecular complexity index is 776. The number of nitrogens with one attached hydrogen (secondary N) is 1. The molecule has 0 saturated carbocycles. The lowest BCUT2D eigenvalue weighted by atomic mass is 10.1. The van der Waals surface area contributed by atoms with Gasteiger partial charge in [-0.25, -0.2) is 0 Å². The van der Waals surface area contributed by atoms with Crippen LogP contribution in [0, 0.1) is 5.92 Å². The topological polar surface area (TPSA) is 58.6 Å². The molecule has 1 aliphatic heterocycles. The number of carbonyl (C=O) groups is 2. The van der Waals surface area contributed by atoms with Gasteiger partial charge in [0.2, 0.25) is 11.8 Å². The van der Waals surface area contributed by atoms with Crippen molar-refractivity contribution in [3.05, 3.63) is 53.6 Å². The molecule has 0 spiro atoms. The highest BCUT2D eigenvalue weighted by Gasteiger charge is 2.35. The molecule has 25 heavy (non-hydrogen) atoms. The van der Waals surface area contributed by atoms with Crippen molar-refractivity contribution in [1.82, 2.24) is 0 Å². The number of ether oxygens (including phenoxy) is 1. The monoisotopic (exact) mass is 358 g/mol. The van der Waals surface area contributed by atoms with Crippen LogP contribution >= 0.6 is 11.6 Å². The number of rotatable bonds is 5. The highest BCUT2D eigenvalue weighted by Crippen LogP contribution is 2.28. The second-order valence-electron chi connectivity index (χ2n) is 5.80. The molecule has 2 aromatic carbocycles. The van der Waals surface area contributed by atoms with Gasteiger partial charge in [0.05, 0.1) is 23.2 Å². The third-order valence-electron chi connectivity index (χ3n) is 4.09. The van der Waals surface area contributed by atoms with Gasteiger partial charge in [-0.3, -0.25) is 9.59 Å². The van der Waals surface area contributed by atoms with Crippen LogP contribution in [0.2, 0.25) is 5.02 Å². The van der Waals surface area contributed by atoms with Crippen molar-refractivity contribution >= 4 is 34.8 Å². The standard InChI is InChI=1S/C19H19ClN2O3/c1-2-25-15-9-7-14(8-10-15)22-12-13(11-18(22)23)19(24)21-17-6-4-3-5-16(17)20/h3-10,13H,2,11-12H2,1H3,(H,21,24)/t13-/m0/s1. The van der Waals surface area contributed by atoms with Gasteiger partial charge in [0, 0.05) is 18.7 Å². The van der Waals surface area contributed by atoms with Crippen LogP contribution in [0.25, 0.3) is 0 Å². The molecule has 1 fully saturated rings. The molecule has 0 aliphatic carbocycles. The number of para-hydroxylation sites is 1. The maximum Gasteiger partial charge on any atom is 0.229 e. The average Bonchev–Trinajstić information content (AvgIpc) is 3.00. The Balaban J connectivity index is 1.67. The average molecular weight is 359 g/mol. The number of carbonyl (C=O) groups excluding carboxylic acids is 2. The Hall–Kier alpha value is -2.53. The van der Waals surface area contributed by atoms with Gasteiger partial charge in [-0.1, -0.05) is 23.7 Å².